The number of ether oxygens (including phenoxy) is 2. The lowest BCUT2D eigenvalue weighted by Crippen LogP contribution is -2.42. The molecule has 0 aromatic heterocycles. The highest BCUT2D eigenvalue weighted by Gasteiger charge is 2.39. The van der Waals surface area contributed by atoms with Crippen LogP contribution in [-0.4, -0.2) is 39.0 Å². The highest BCUT2D eigenvalue weighted by Crippen LogP contribution is 2.44. The van der Waals surface area contributed by atoms with Crippen LogP contribution in [0.1, 0.15) is 32.6 Å². The van der Waals surface area contributed by atoms with Gasteiger partial charge in [-0.15, -0.1) is 0 Å². The van der Waals surface area contributed by atoms with Crippen molar-refractivity contribution in [2.75, 3.05) is 26.9 Å². The molecule has 2 fully saturated rings. The Bertz CT molecular complexity index is 210. The number of hydrogen-bond acceptors (Lipinski definition) is 3. The van der Waals surface area contributed by atoms with Gasteiger partial charge in [0.2, 0.25) is 0 Å². The molecule has 1 N–H and O–H groups in total. The maximum Gasteiger partial charge on any atom is 0.0701 e. The van der Waals surface area contributed by atoms with Crippen LogP contribution >= 0.6 is 0 Å². The first-order chi connectivity index (χ1) is 7.79. The molecule has 0 saturated heterocycles. The fraction of sp³-hybridized carbons (Fsp3) is 1.00. The summed E-state index contributed by atoms with van der Waals surface area (Å²) in [6.45, 7) is 4.43. The third-order valence-electron chi connectivity index (χ3n) is 4.04. The van der Waals surface area contributed by atoms with Crippen LogP contribution in [-0.2, 0) is 9.47 Å². The largest absolute Gasteiger partial charge is 0.382 e. The molecular weight excluding hydrogens is 202 g/mol. The molecule has 2 bridgehead atoms. The minimum atomic E-state index is 0.473. The molecule has 2 aliphatic rings. The van der Waals surface area contributed by atoms with E-state index >= 15 is 0 Å². The number of hydrogen-bond donors (Lipinski definition) is 1. The second kappa shape index (κ2) is 5.99. The Kier molecular flexibility index (Phi) is 4.62. The van der Waals surface area contributed by atoms with Gasteiger partial charge in [-0.2, -0.15) is 0 Å². The molecular formula is C13H25NO2. The minimum absolute atomic E-state index is 0.473. The van der Waals surface area contributed by atoms with Gasteiger partial charge in [0.15, 0.2) is 0 Å². The number of nitrogens with one attached hydrogen (secondary N) is 1. The summed E-state index contributed by atoms with van der Waals surface area (Å²) in [5, 5.41) is 3.72. The van der Waals surface area contributed by atoms with E-state index in [1.807, 2.05) is 0 Å². The van der Waals surface area contributed by atoms with Gasteiger partial charge in [0.25, 0.3) is 0 Å². The minimum Gasteiger partial charge on any atom is -0.382 e. The molecule has 2 saturated carbocycles. The molecule has 0 spiro atoms. The molecule has 2 rings (SSSR count). The van der Waals surface area contributed by atoms with Gasteiger partial charge >= 0.3 is 0 Å². The van der Waals surface area contributed by atoms with E-state index in [9.17, 15) is 0 Å². The van der Waals surface area contributed by atoms with Crippen molar-refractivity contribution in [3.8, 4) is 0 Å². The maximum atomic E-state index is 5.54. The SMILES string of the molecule is COCCOCC(C)NC1CC2CCC1C2. The van der Waals surface area contributed by atoms with E-state index in [1.165, 1.54) is 25.7 Å². The second-order valence-electron chi connectivity index (χ2n) is 5.42. The molecule has 3 heteroatoms. The van der Waals surface area contributed by atoms with Crippen LogP contribution < -0.4 is 5.32 Å². The van der Waals surface area contributed by atoms with Crippen molar-refractivity contribution < 1.29 is 9.47 Å². The number of rotatable bonds is 7. The third kappa shape index (κ3) is 3.19. The average Bonchev–Trinajstić information content (AvgIpc) is 2.86. The molecule has 0 aliphatic heterocycles. The van der Waals surface area contributed by atoms with Gasteiger partial charge in [0.05, 0.1) is 19.8 Å². The normalized spacial score (nSPS) is 34.5. The lowest BCUT2D eigenvalue weighted by molar-refractivity contribution is 0.0581. The Hall–Kier alpha value is -0.120. The summed E-state index contributed by atoms with van der Waals surface area (Å²) in [6, 6.07) is 1.24. The van der Waals surface area contributed by atoms with Gasteiger partial charge in [-0.3, -0.25) is 0 Å². The summed E-state index contributed by atoms with van der Waals surface area (Å²) in [7, 11) is 1.71. The van der Waals surface area contributed by atoms with Crippen molar-refractivity contribution in [1.82, 2.24) is 5.32 Å². The van der Waals surface area contributed by atoms with Gasteiger partial charge in [0.1, 0.15) is 0 Å². The molecule has 0 radical (unpaired) electrons. The van der Waals surface area contributed by atoms with Gasteiger partial charge < -0.3 is 14.8 Å². The average molecular weight is 227 g/mol. The van der Waals surface area contributed by atoms with Crippen molar-refractivity contribution in [3.05, 3.63) is 0 Å². The molecule has 2 aliphatic carbocycles. The Morgan fingerprint density at radius 3 is 2.75 bits per heavy atom. The van der Waals surface area contributed by atoms with Gasteiger partial charge in [-0.05, 0) is 38.0 Å². The van der Waals surface area contributed by atoms with Crippen molar-refractivity contribution in [2.24, 2.45) is 11.8 Å². The predicted molar refractivity (Wildman–Crippen MR) is 64.5 cm³/mol. The first kappa shape index (κ1) is 12.3. The maximum absolute atomic E-state index is 5.54. The van der Waals surface area contributed by atoms with Crippen LogP contribution in [0.4, 0.5) is 0 Å². The Balaban J connectivity index is 1.58. The molecule has 0 aromatic rings. The predicted octanol–water partition coefficient (Wildman–Crippen LogP) is 1.82. The number of fused-ring (bicyclic) bond motifs is 2. The summed E-state index contributed by atoms with van der Waals surface area (Å²) in [5.74, 6) is 1.97. The topological polar surface area (TPSA) is 30.5 Å². The zero-order valence-electron chi connectivity index (χ0n) is 10.6. The second-order valence-corrected chi connectivity index (χ2v) is 5.42. The van der Waals surface area contributed by atoms with Gasteiger partial charge in [0, 0.05) is 19.2 Å². The van der Waals surface area contributed by atoms with Crippen molar-refractivity contribution in [3.63, 3.8) is 0 Å². The van der Waals surface area contributed by atoms with Crippen LogP contribution in [0.2, 0.25) is 0 Å². The van der Waals surface area contributed by atoms with Crippen LogP contribution in [0.25, 0.3) is 0 Å². The lowest BCUT2D eigenvalue weighted by Gasteiger charge is -2.26. The summed E-state index contributed by atoms with van der Waals surface area (Å²) < 4.78 is 10.5. The highest BCUT2D eigenvalue weighted by molar-refractivity contribution is 4.94. The fourth-order valence-corrected chi connectivity index (χ4v) is 3.26. The van der Waals surface area contributed by atoms with E-state index in [-0.39, 0.29) is 0 Å². The summed E-state index contributed by atoms with van der Waals surface area (Å²) >= 11 is 0. The van der Waals surface area contributed by atoms with Crippen LogP contribution in [0, 0.1) is 11.8 Å². The van der Waals surface area contributed by atoms with Crippen molar-refractivity contribution in [2.45, 2.75) is 44.7 Å². The first-order valence-corrected chi connectivity index (χ1v) is 6.62. The van der Waals surface area contributed by atoms with Crippen molar-refractivity contribution >= 4 is 0 Å². The summed E-state index contributed by atoms with van der Waals surface area (Å²) in [5.41, 5.74) is 0. The monoisotopic (exact) mass is 227 g/mol. The Labute approximate surface area is 98.9 Å². The van der Waals surface area contributed by atoms with Crippen LogP contribution in [0.5, 0.6) is 0 Å². The Morgan fingerprint density at radius 1 is 1.25 bits per heavy atom. The van der Waals surface area contributed by atoms with E-state index in [0.717, 1.165) is 24.5 Å². The zero-order chi connectivity index (χ0) is 11.4. The molecule has 4 atom stereocenters. The van der Waals surface area contributed by atoms with E-state index in [0.29, 0.717) is 19.3 Å². The van der Waals surface area contributed by atoms with Crippen LogP contribution in [0.15, 0.2) is 0 Å². The van der Waals surface area contributed by atoms with Gasteiger partial charge in [-0.1, -0.05) is 6.42 Å². The molecule has 0 aromatic carbocycles. The van der Waals surface area contributed by atoms with E-state index in [4.69, 9.17) is 9.47 Å². The van der Waals surface area contributed by atoms with E-state index < -0.39 is 0 Å². The molecule has 0 amide bonds. The molecule has 4 unspecified atom stereocenters. The lowest BCUT2D eigenvalue weighted by atomic mass is 9.95. The molecule has 0 heterocycles. The van der Waals surface area contributed by atoms with E-state index in [1.54, 1.807) is 7.11 Å². The molecule has 16 heavy (non-hydrogen) atoms. The van der Waals surface area contributed by atoms with Crippen LogP contribution in [0.3, 0.4) is 0 Å². The number of methoxy groups -OCH3 is 1. The quantitative estimate of drug-likeness (QED) is 0.673. The summed E-state index contributed by atoms with van der Waals surface area (Å²) in [4.78, 5) is 0. The smallest absolute Gasteiger partial charge is 0.0701 e. The summed E-state index contributed by atoms with van der Waals surface area (Å²) in [6.07, 6.45) is 5.78. The fourth-order valence-electron chi connectivity index (χ4n) is 3.26. The van der Waals surface area contributed by atoms with Crippen molar-refractivity contribution in [1.29, 1.82) is 0 Å². The van der Waals surface area contributed by atoms with E-state index in [2.05, 4.69) is 12.2 Å². The highest BCUT2D eigenvalue weighted by atomic mass is 16.5. The zero-order valence-corrected chi connectivity index (χ0v) is 10.6. The molecule has 3 nitrogen and oxygen atoms in total. The standard InChI is InChI=1S/C13H25NO2/c1-10(9-16-6-5-15-2)14-13-8-11-3-4-12(13)7-11/h10-14H,3-9H2,1-2H3. The van der Waals surface area contributed by atoms with Gasteiger partial charge in [-0.25, -0.2) is 0 Å². The third-order valence-corrected chi connectivity index (χ3v) is 4.04. The molecule has 94 valence electrons. The Morgan fingerprint density at radius 2 is 2.12 bits per heavy atom. The first-order valence-electron chi connectivity index (χ1n) is 6.62.